The number of nitrogens with one attached hydrogen (secondary N) is 1. The molecular weight excluding hydrogens is 252 g/mol. The molecular formula is C11H16N4O2S. The fraction of sp³-hybridized carbons (Fsp3) is 0.364. The van der Waals surface area contributed by atoms with Crippen molar-refractivity contribution >= 4 is 21.4 Å². The first-order valence-corrected chi connectivity index (χ1v) is 6.91. The molecule has 3 N–H and O–H groups in total. The van der Waals surface area contributed by atoms with Crippen LogP contribution < -0.4 is 11.1 Å². The second kappa shape index (κ2) is 5.71. The number of benzene rings is 1. The number of nitrogens with zero attached hydrogens (tertiary/aromatic N) is 2. The van der Waals surface area contributed by atoms with Gasteiger partial charge in [0.2, 0.25) is 10.0 Å². The van der Waals surface area contributed by atoms with Crippen molar-refractivity contribution < 1.29 is 8.42 Å². The molecule has 0 saturated heterocycles. The standard InChI is InChI=1S/C11H16N4O2S/c1-15(2)18(16,17)6-5-14-11-7-9(8-12)3-4-10(11)13/h3-4,7,14H,5-6,13H2,1-2H3. The third-order valence-electron chi connectivity index (χ3n) is 2.41. The second-order valence-electron chi connectivity index (χ2n) is 3.94. The Kier molecular flexibility index (Phi) is 4.53. The van der Waals surface area contributed by atoms with Crippen molar-refractivity contribution in [3.63, 3.8) is 0 Å². The van der Waals surface area contributed by atoms with Crippen molar-refractivity contribution in [1.82, 2.24) is 4.31 Å². The molecule has 0 aromatic heterocycles. The number of sulfonamides is 1. The quantitative estimate of drug-likeness (QED) is 0.755. The SMILES string of the molecule is CN(C)S(=O)(=O)CCNc1cc(C#N)ccc1N. The smallest absolute Gasteiger partial charge is 0.215 e. The second-order valence-corrected chi connectivity index (χ2v) is 6.24. The van der Waals surface area contributed by atoms with E-state index >= 15 is 0 Å². The molecule has 0 unspecified atom stereocenters. The Balaban J connectivity index is 2.68. The minimum Gasteiger partial charge on any atom is -0.397 e. The van der Waals surface area contributed by atoms with Gasteiger partial charge >= 0.3 is 0 Å². The zero-order valence-electron chi connectivity index (χ0n) is 10.3. The average Bonchev–Trinajstić information content (AvgIpc) is 2.31. The van der Waals surface area contributed by atoms with Crippen LogP contribution in [-0.4, -0.2) is 39.1 Å². The summed E-state index contributed by atoms with van der Waals surface area (Å²) in [4.78, 5) is 0. The van der Waals surface area contributed by atoms with Gasteiger partial charge in [0, 0.05) is 20.6 Å². The van der Waals surface area contributed by atoms with Gasteiger partial charge in [0.25, 0.3) is 0 Å². The maximum absolute atomic E-state index is 11.5. The molecule has 0 aliphatic rings. The predicted molar refractivity (Wildman–Crippen MR) is 71.5 cm³/mol. The van der Waals surface area contributed by atoms with Crippen LogP contribution in [0.5, 0.6) is 0 Å². The molecule has 0 heterocycles. The number of anilines is 2. The average molecular weight is 268 g/mol. The van der Waals surface area contributed by atoms with Gasteiger partial charge in [0.1, 0.15) is 0 Å². The Labute approximate surface area is 107 Å². The van der Waals surface area contributed by atoms with Gasteiger partial charge in [-0.1, -0.05) is 0 Å². The van der Waals surface area contributed by atoms with Crippen LogP contribution in [-0.2, 0) is 10.0 Å². The van der Waals surface area contributed by atoms with Crippen LogP contribution in [0.15, 0.2) is 18.2 Å². The molecule has 0 atom stereocenters. The van der Waals surface area contributed by atoms with Crippen LogP contribution in [0.2, 0.25) is 0 Å². The summed E-state index contributed by atoms with van der Waals surface area (Å²) in [6, 6.07) is 6.81. The van der Waals surface area contributed by atoms with Crippen LogP contribution in [0.25, 0.3) is 0 Å². The van der Waals surface area contributed by atoms with Gasteiger partial charge in [-0.2, -0.15) is 5.26 Å². The summed E-state index contributed by atoms with van der Waals surface area (Å²) in [6.07, 6.45) is 0. The molecule has 1 aromatic rings. The lowest BCUT2D eigenvalue weighted by atomic mass is 10.2. The van der Waals surface area contributed by atoms with E-state index in [0.717, 1.165) is 0 Å². The van der Waals surface area contributed by atoms with E-state index in [1.54, 1.807) is 18.2 Å². The van der Waals surface area contributed by atoms with Crippen molar-refractivity contribution in [1.29, 1.82) is 5.26 Å². The fourth-order valence-electron chi connectivity index (χ4n) is 1.28. The maximum Gasteiger partial charge on any atom is 0.215 e. The summed E-state index contributed by atoms with van der Waals surface area (Å²) >= 11 is 0. The molecule has 0 fully saturated rings. The Hall–Kier alpha value is -1.78. The van der Waals surface area contributed by atoms with E-state index in [-0.39, 0.29) is 12.3 Å². The van der Waals surface area contributed by atoms with Gasteiger partial charge in [-0.05, 0) is 18.2 Å². The van der Waals surface area contributed by atoms with E-state index < -0.39 is 10.0 Å². The Bertz CT molecular complexity index is 561. The summed E-state index contributed by atoms with van der Waals surface area (Å²) in [5.74, 6) is -0.0315. The lowest BCUT2D eigenvalue weighted by Crippen LogP contribution is -2.28. The zero-order valence-corrected chi connectivity index (χ0v) is 11.2. The van der Waals surface area contributed by atoms with E-state index in [2.05, 4.69) is 5.32 Å². The summed E-state index contributed by atoms with van der Waals surface area (Å²) in [5, 5.41) is 11.7. The fourth-order valence-corrected chi connectivity index (χ4v) is 2.00. The molecule has 0 aliphatic carbocycles. The van der Waals surface area contributed by atoms with E-state index in [1.165, 1.54) is 18.4 Å². The zero-order chi connectivity index (χ0) is 13.8. The molecule has 1 aromatic carbocycles. The molecule has 1 rings (SSSR count). The van der Waals surface area contributed by atoms with Crippen molar-refractivity contribution in [2.45, 2.75) is 0 Å². The molecule has 0 amide bonds. The van der Waals surface area contributed by atoms with Crippen LogP contribution in [0.3, 0.4) is 0 Å². The summed E-state index contributed by atoms with van der Waals surface area (Å²) in [7, 11) is -0.260. The minimum atomic E-state index is -3.23. The highest BCUT2D eigenvalue weighted by Crippen LogP contribution is 2.19. The van der Waals surface area contributed by atoms with Crippen LogP contribution in [0.1, 0.15) is 5.56 Å². The van der Waals surface area contributed by atoms with Gasteiger partial charge in [-0.25, -0.2) is 12.7 Å². The Morgan fingerprint density at radius 1 is 1.44 bits per heavy atom. The van der Waals surface area contributed by atoms with Crippen molar-refractivity contribution in [2.24, 2.45) is 0 Å². The van der Waals surface area contributed by atoms with Crippen molar-refractivity contribution in [2.75, 3.05) is 37.4 Å². The summed E-state index contributed by atoms with van der Waals surface area (Å²) < 4.78 is 24.2. The molecule has 0 radical (unpaired) electrons. The Morgan fingerprint density at radius 2 is 2.11 bits per heavy atom. The first-order valence-electron chi connectivity index (χ1n) is 5.30. The van der Waals surface area contributed by atoms with E-state index in [9.17, 15) is 8.42 Å². The molecule has 7 heteroatoms. The van der Waals surface area contributed by atoms with Crippen LogP contribution >= 0.6 is 0 Å². The number of hydrogen-bond acceptors (Lipinski definition) is 5. The normalized spacial score (nSPS) is 11.2. The third-order valence-corrected chi connectivity index (χ3v) is 4.25. The van der Waals surface area contributed by atoms with Gasteiger partial charge in [-0.3, -0.25) is 0 Å². The first kappa shape index (κ1) is 14.3. The van der Waals surface area contributed by atoms with Gasteiger partial charge in [-0.15, -0.1) is 0 Å². The molecule has 0 spiro atoms. The lowest BCUT2D eigenvalue weighted by Gasteiger charge is -2.13. The van der Waals surface area contributed by atoms with Crippen molar-refractivity contribution in [3.8, 4) is 6.07 Å². The lowest BCUT2D eigenvalue weighted by molar-refractivity contribution is 0.521. The van der Waals surface area contributed by atoms with Crippen molar-refractivity contribution in [3.05, 3.63) is 23.8 Å². The highest BCUT2D eigenvalue weighted by molar-refractivity contribution is 7.89. The molecule has 0 aliphatic heterocycles. The predicted octanol–water partition coefficient (Wildman–Crippen LogP) is 0.444. The molecule has 98 valence electrons. The van der Waals surface area contributed by atoms with E-state index in [4.69, 9.17) is 11.0 Å². The molecule has 18 heavy (non-hydrogen) atoms. The summed E-state index contributed by atoms with van der Waals surface area (Å²) in [5.41, 5.74) is 7.25. The van der Waals surface area contributed by atoms with Crippen LogP contribution in [0, 0.1) is 11.3 Å². The van der Waals surface area contributed by atoms with Gasteiger partial charge < -0.3 is 11.1 Å². The number of nitrogens with two attached hydrogens (primary N) is 1. The minimum absolute atomic E-state index is 0.0315. The molecule has 0 bridgehead atoms. The number of hydrogen-bond donors (Lipinski definition) is 2. The largest absolute Gasteiger partial charge is 0.397 e. The monoisotopic (exact) mass is 268 g/mol. The van der Waals surface area contributed by atoms with Crippen LogP contribution in [0.4, 0.5) is 11.4 Å². The molecule has 6 nitrogen and oxygen atoms in total. The van der Waals surface area contributed by atoms with E-state index in [0.29, 0.717) is 16.9 Å². The highest BCUT2D eigenvalue weighted by Gasteiger charge is 2.12. The van der Waals surface area contributed by atoms with Gasteiger partial charge in [0.15, 0.2) is 0 Å². The summed E-state index contributed by atoms with van der Waals surface area (Å²) in [6.45, 7) is 0.236. The first-order chi connectivity index (χ1) is 8.36. The molecule has 0 saturated carbocycles. The number of rotatable bonds is 5. The highest BCUT2D eigenvalue weighted by atomic mass is 32.2. The number of nitriles is 1. The topological polar surface area (TPSA) is 99.2 Å². The maximum atomic E-state index is 11.5. The Morgan fingerprint density at radius 3 is 2.67 bits per heavy atom. The third kappa shape index (κ3) is 3.61. The van der Waals surface area contributed by atoms with Gasteiger partial charge in [0.05, 0.1) is 28.8 Å². The number of nitrogen functional groups attached to an aromatic ring is 1. The van der Waals surface area contributed by atoms with E-state index in [1.807, 2.05) is 6.07 Å².